The van der Waals surface area contributed by atoms with Gasteiger partial charge in [0.05, 0.1) is 6.54 Å². The van der Waals surface area contributed by atoms with Crippen LogP contribution in [0.3, 0.4) is 0 Å². The van der Waals surface area contributed by atoms with Crippen LogP contribution in [-0.4, -0.2) is 70.4 Å². The van der Waals surface area contributed by atoms with Crippen LogP contribution in [0.1, 0.15) is 12.8 Å². The summed E-state index contributed by atoms with van der Waals surface area (Å²) < 4.78 is 77.2. The second-order valence-corrected chi connectivity index (χ2v) is 7.93. The number of fused-ring (bicyclic) bond motifs is 1. The fraction of sp³-hybridized carbons (Fsp3) is 0.571. The molecule has 1 fully saturated rings. The average Bonchev–Trinajstić information content (AvgIpc) is 2.99. The maximum Gasteiger partial charge on any atom is 0.415 e. The number of anilines is 1. The third-order valence-corrected chi connectivity index (χ3v) is 5.72. The molecule has 3 N–H and O–H groups in total. The predicted molar refractivity (Wildman–Crippen MR) is 90.1 cm³/mol. The number of hydrogen-bond acceptors (Lipinski definition) is 6. The van der Waals surface area contributed by atoms with Crippen molar-refractivity contribution in [3.8, 4) is 0 Å². The van der Waals surface area contributed by atoms with E-state index in [2.05, 4.69) is 10.1 Å². The van der Waals surface area contributed by atoms with Gasteiger partial charge in [-0.05, 0) is 18.9 Å². The highest BCUT2D eigenvalue weighted by Crippen LogP contribution is 2.28. The predicted octanol–water partition coefficient (Wildman–Crippen LogP) is 0.266. The van der Waals surface area contributed by atoms with Crippen LogP contribution in [0.25, 0.3) is 5.52 Å². The van der Waals surface area contributed by atoms with Gasteiger partial charge in [0.25, 0.3) is 10.2 Å². The Kier molecular flexibility index (Phi) is 5.49. The Labute approximate surface area is 157 Å². The molecular weight excluding hydrogens is 408 g/mol. The fourth-order valence-corrected chi connectivity index (χ4v) is 4.21. The van der Waals surface area contributed by atoms with Crippen LogP contribution >= 0.6 is 0 Å². The summed E-state index contributed by atoms with van der Waals surface area (Å²) in [5, 5.41) is 18.2. The number of aliphatic hydroxyl groups is 1. The van der Waals surface area contributed by atoms with Gasteiger partial charge in [-0.15, -0.1) is 0 Å². The number of nitrogens with two attached hydrogens (primary N) is 1. The molecule has 3 rings (SSSR count). The van der Waals surface area contributed by atoms with Crippen LogP contribution in [0, 0.1) is 5.82 Å². The van der Waals surface area contributed by atoms with Crippen molar-refractivity contribution in [1.29, 1.82) is 0 Å². The summed E-state index contributed by atoms with van der Waals surface area (Å²) in [6.07, 6.45) is -4.91. The number of aromatic nitrogens is 3. The molecule has 0 bridgehead atoms. The fourth-order valence-electron chi connectivity index (χ4n) is 3.23. The van der Waals surface area contributed by atoms with Crippen molar-refractivity contribution in [2.24, 2.45) is 5.14 Å². The van der Waals surface area contributed by atoms with Gasteiger partial charge < -0.3 is 10.0 Å². The number of piperidine rings is 1. The molecule has 2 aromatic rings. The van der Waals surface area contributed by atoms with Gasteiger partial charge in [0.2, 0.25) is 0 Å². The summed E-state index contributed by atoms with van der Waals surface area (Å²) in [5.41, 5.74) is 0.150. The van der Waals surface area contributed by atoms with Gasteiger partial charge in [0.15, 0.2) is 17.7 Å². The average molecular weight is 426 g/mol. The maximum atomic E-state index is 14.0. The first kappa shape index (κ1) is 20.7. The van der Waals surface area contributed by atoms with Crippen molar-refractivity contribution in [2.75, 3.05) is 24.5 Å². The van der Waals surface area contributed by atoms with Crippen molar-refractivity contribution >= 4 is 21.5 Å². The number of alkyl halides is 3. The summed E-state index contributed by atoms with van der Waals surface area (Å²) >= 11 is 0. The molecule has 0 aliphatic carbocycles. The first-order valence-electron chi connectivity index (χ1n) is 8.25. The van der Waals surface area contributed by atoms with Crippen LogP contribution in [0.4, 0.5) is 23.4 Å². The second kappa shape index (κ2) is 7.42. The van der Waals surface area contributed by atoms with Crippen LogP contribution < -0.4 is 10.0 Å². The summed E-state index contributed by atoms with van der Waals surface area (Å²) in [5.74, 6) is -0.231. The lowest BCUT2D eigenvalue weighted by atomic mass is 10.0. The largest absolute Gasteiger partial charge is 0.415 e. The zero-order chi connectivity index (χ0) is 20.7. The van der Waals surface area contributed by atoms with Gasteiger partial charge in [0.1, 0.15) is 11.8 Å². The molecule has 156 valence electrons. The van der Waals surface area contributed by atoms with Crippen LogP contribution in [0.15, 0.2) is 18.6 Å². The number of rotatable bonds is 5. The smallest absolute Gasteiger partial charge is 0.382 e. The van der Waals surface area contributed by atoms with Crippen molar-refractivity contribution in [1.82, 2.24) is 18.9 Å². The molecule has 0 aromatic carbocycles. The lowest BCUT2D eigenvalue weighted by molar-refractivity contribution is -0.206. The van der Waals surface area contributed by atoms with E-state index in [1.165, 1.54) is 23.1 Å². The van der Waals surface area contributed by atoms with Crippen molar-refractivity contribution in [3.63, 3.8) is 0 Å². The van der Waals surface area contributed by atoms with Crippen molar-refractivity contribution in [3.05, 3.63) is 24.4 Å². The Bertz CT molecular complexity index is 942. The molecule has 1 unspecified atom stereocenters. The SMILES string of the molecule is NS(=O)(=O)N(CC(O)C(F)(F)F)C1CCN(c2ncnn3ccc(F)c23)CC1. The van der Waals surface area contributed by atoms with Crippen LogP contribution in [0.2, 0.25) is 0 Å². The number of aliphatic hydroxyl groups excluding tert-OH is 1. The van der Waals surface area contributed by atoms with Gasteiger partial charge in [-0.2, -0.15) is 31.0 Å². The minimum atomic E-state index is -4.97. The first-order chi connectivity index (χ1) is 13.0. The zero-order valence-corrected chi connectivity index (χ0v) is 15.2. The van der Waals surface area contributed by atoms with E-state index in [9.17, 15) is 31.1 Å². The van der Waals surface area contributed by atoms with Gasteiger partial charge in [0, 0.05) is 25.3 Å². The quantitative estimate of drug-likeness (QED) is 0.663. The highest BCUT2D eigenvalue weighted by atomic mass is 32.2. The Morgan fingerprint density at radius 1 is 1.36 bits per heavy atom. The van der Waals surface area contributed by atoms with Gasteiger partial charge in [-0.3, -0.25) is 0 Å². The summed E-state index contributed by atoms with van der Waals surface area (Å²) in [6.45, 7) is -0.774. The molecule has 1 aliphatic rings. The molecule has 1 aliphatic heterocycles. The molecule has 0 amide bonds. The molecule has 9 nitrogen and oxygen atoms in total. The van der Waals surface area contributed by atoms with E-state index < -0.39 is 40.9 Å². The lowest BCUT2D eigenvalue weighted by Crippen LogP contribution is -2.53. The molecule has 0 saturated carbocycles. The number of halogens is 4. The molecule has 28 heavy (non-hydrogen) atoms. The topological polar surface area (TPSA) is 117 Å². The summed E-state index contributed by atoms with van der Waals surface area (Å²) in [7, 11) is -4.47. The minimum absolute atomic E-state index is 0.125. The lowest BCUT2D eigenvalue weighted by Gasteiger charge is -2.38. The third kappa shape index (κ3) is 4.19. The molecular formula is C14H18F4N6O3S. The van der Waals surface area contributed by atoms with Crippen molar-refractivity contribution < 1.29 is 31.1 Å². The van der Waals surface area contributed by atoms with Gasteiger partial charge in [-0.25, -0.2) is 19.0 Å². The van der Waals surface area contributed by atoms with Crippen LogP contribution in [0.5, 0.6) is 0 Å². The molecule has 14 heteroatoms. The van der Waals surface area contributed by atoms with Crippen LogP contribution in [-0.2, 0) is 10.2 Å². The van der Waals surface area contributed by atoms with E-state index in [-0.39, 0.29) is 31.4 Å². The number of hydrogen-bond donors (Lipinski definition) is 2. The monoisotopic (exact) mass is 426 g/mol. The highest BCUT2D eigenvalue weighted by molar-refractivity contribution is 7.86. The van der Waals surface area contributed by atoms with E-state index >= 15 is 0 Å². The summed E-state index contributed by atoms with van der Waals surface area (Å²) in [6, 6.07) is 0.388. The molecule has 3 heterocycles. The van der Waals surface area contributed by atoms with Gasteiger partial charge >= 0.3 is 6.18 Å². The molecule has 2 aromatic heterocycles. The van der Waals surface area contributed by atoms with E-state index in [0.29, 0.717) is 10.1 Å². The van der Waals surface area contributed by atoms with Gasteiger partial charge in [-0.1, -0.05) is 0 Å². The van der Waals surface area contributed by atoms with E-state index in [4.69, 9.17) is 5.14 Å². The Morgan fingerprint density at radius 2 is 2.00 bits per heavy atom. The first-order valence-corrected chi connectivity index (χ1v) is 9.76. The third-order valence-electron chi connectivity index (χ3n) is 4.61. The van der Waals surface area contributed by atoms with Crippen molar-refractivity contribution in [2.45, 2.75) is 31.2 Å². The summed E-state index contributed by atoms with van der Waals surface area (Å²) in [4.78, 5) is 5.76. The zero-order valence-electron chi connectivity index (χ0n) is 14.4. The normalized spacial score (nSPS) is 18.2. The Hall–Kier alpha value is -2.03. The van der Waals surface area contributed by atoms with E-state index in [0.717, 1.165) is 0 Å². The molecule has 1 saturated heterocycles. The van der Waals surface area contributed by atoms with E-state index in [1.807, 2.05) is 0 Å². The highest BCUT2D eigenvalue weighted by Gasteiger charge is 2.43. The maximum absolute atomic E-state index is 14.0. The second-order valence-electron chi connectivity index (χ2n) is 6.43. The Balaban J connectivity index is 1.76. The number of nitrogens with zero attached hydrogens (tertiary/aromatic N) is 5. The standard InChI is InChI=1S/C14H18F4N6O3S/c15-10-3-6-23-12(10)13(20-8-21-23)22-4-1-9(2-5-22)24(28(19,26)27)7-11(25)14(16,17)18/h3,6,8-9,11,25H,1-2,4-5,7H2,(H2,19,26,27). The molecule has 0 radical (unpaired) electrons. The Morgan fingerprint density at radius 3 is 2.57 bits per heavy atom. The van der Waals surface area contributed by atoms with E-state index in [1.54, 1.807) is 4.90 Å². The minimum Gasteiger partial charge on any atom is -0.382 e. The molecule has 0 spiro atoms. The molecule has 1 atom stereocenters.